The molecule has 1 fully saturated rings. The van der Waals surface area contributed by atoms with Crippen LogP contribution < -0.4 is 14.8 Å². The van der Waals surface area contributed by atoms with Gasteiger partial charge in [0.1, 0.15) is 0 Å². The van der Waals surface area contributed by atoms with Crippen molar-refractivity contribution in [2.24, 2.45) is 5.92 Å². The molecule has 0 radical (unpaired) electrons. The van der Waals surface area contributed by atoms with Gasteiger partial charge in [-0.15, -0.1) is 0 Å². The van der Waals surface area contributed by atoms with Gasteiger partial charge in [0.05, 0.1) is 19.3 Å². The summed E-state index contributed by atoms with van der Waals surface area (Å²) in [6, 6.07) is 5.77. The normalized spacial score (nSPS) is 15.8. The molecule has 1 aliphatic carbocycles. The summed E-state index contributed by atoms with van der Waals surface area (Å²) in [6.45, 7) is 5.94. The van der Waals surface area contributed by atoms with Crippen molar-refractivity contribution in [3.8, 4) is 11.5 Å². The molecule has 0 bridgehead atoms. The van der Waals surface area contributed by atoms with Crippen LogP contribution in [0.1, 0.15) is 45.2 Å². The van der Waals surface area contributed by atoms with Crippen LogP contribution >= 0.6 is 0 Å². The Morgan fingerprint density at radius 1 is 1.25 bits per heavy atom. The van der Waals surface area contributed by atoms with Crippen LogP contribution in [0.3, 0.4) is 0 Å². The lowest BCUT2D eigenvalue weighted by Crippen LogP contribution is -2.27. The number of hydrogen-bond donors (Lipinski definition) is 1. The highest BCUT2D eigenvalue weighted by atomic mass is 16.5. The van der Waals surface area contributed by atoms with Gasteiger partial charge in [-0.1, -0.05) is 6.07 Å². The van der Waals surface area contributed by atoms with Crippen molar-refractivity contribution in [1.29, 1.82) is 0 Å². The third-order valence-corrected chi connectivity index (χ3v) is 3.36. The lowest BCUT2D eigenvalue weighted by Gasteiger charge is -2.18. The van der Waals surface area contributed by atoms with Crippen LogP contribution in [-0.4, -0.2) is 19.1 Å². The predicted molar refractivity (Wildman–Crippen MR) is 78.0 cm³/mol. The Kier molecular flexibility index (Phi) is 4.53. The van der Waals surface area contributed by atoms with Crippen LogP contribution in [-0.2, 0) is 4.79 Å². The van der Waals surface area contributed by atoms with Crippen LogP contribution in [0.5, 0.6) is 11.5 Å². The number of nitrogens with one attached hydrogen (secondary N) is 1. The molecule has 20 heavy (non-hydrogen) atoms. The SMILES string of the molecule is COc1cc([C@@H](C)NC(=O)C2CC2)ccc1OC(C)C. The standard InChI is InChI=1S/C16H23NO3/c1-10(2)20-14-8-7-13(9-15(14)19-4)11(3)17-16(18)12-5-6-12/h7-12H,5-6H2,1-4H3,(H,17,18)/t11-/m1/s1. The molecule has 1 aliphatic rings. The molecule has 1 aromatic carbocycles. The van der Waals surface area contributed by atoms with Gasteiger partial charge in [0.25, 0.3) is 0 Å². The molecular weight excluding hydrogens is 254 g/mol. The lowest BCUT2D eigenvalue weighted by atomic mass is 10.1. The van der Waals surface area contributed by atoms with Crippen molar-refractivity contribution in [2.75, 3.05) is 7.11 Å². The highest BCUT2D eigenvalue weighted by Gasteiger charge is 2.30. The Hall–Kier alpha value is -1.71. The fraction of sp³-hybridized carbons (Fsp3) is 0.562. The van der Waals surface area contributed by atoms with Gasteiger partial charge in [0.15, 0.2) is 11.5 Å². The smallest absolute Gasteiger partial charge is 0.223 e. The molecule has 1 aromatic rings. The maximum Gasteiger partial charge on any atom is 0.223 e. The second-order valence-corrected chi connectivity index (χ2v) is 5.58. The van der Waals surface area contributed by atoms with Gasteiger partial charge in [-0.2, -0.15) is 0 Å². The first-order chi connectivity index (χ1) is 9.51. The van der Waals surface area contributed by atoms with Crippen molar-refractivity contribution < 1.29 is 14.3 Å². The van der Waals surface area contributed by atoms with Crippen LogP contribution in [0.15, 0.2) is 18.2 Å². The maximum atomic E-state index is 11.8. The van der Waals surface area contributed by atoms with Gasteiger partial charge in [-0.3, -0.25) is 4.79 Å². The zero-order valence-electron chi connectivity index (χ0n) is 12.6. The molecule has 110 valence electrons. The van der Waals surface area contributed by atoms with Gasteiger partial charge in [0.2, 0.25) is 5.91 Å². The van der Waals surface area contributed by atoms with Crippen LogP contribution in [0, 0.1) is 5.92 Å². The summed E-state index contributed by atoms with van der Waals surface area (Å²) in [6.07, 6.45) is 2.13. The summed E-state index contributed by atoms with van der Waals surface area (Å²) in [5.41, 5.74) is 1.02. The third-order valence-electron chi connectivity index (χ3n) is 3.36. The van der Waals surface area contributed by atoms with Crippen molar-refractivity contribution >= 4 is 5.91 Å². The molecular formula is C16H23NO3. The van der Waals surface area contributed by atoms with E-state index >= 15 is 0 Å². The first-order valence-corrected chi connectivity index (χ1v) is 7.16. The van der Waals surface area contributed by atoms with Crippen molar-refractivity contribution in [3.05, 3.63) is 23.8 Å². The Balaban J connectivity index is 2.09. The summed E-state index contributed by atoms with van der Waals surface area (Å²) >= 11 is 0. The zero-order chi connectivity index (χ0) is 14.7. The molecule has 0 unspecified atom stereocenters. The first kappa shape index (κ1) is 14.7. The van der Waals surface area contributed by atoms with Crippen LogP contribution in [0.4, 0.5) is 0 Å². The maximum absolute atomic E-state index is 11.8. The fourth-order valence-corrected chi connectivity index (χ4v) is 2.06. The van der Waals surface area contributed by atoms with E-state index in [1.165, 1.54) is 0 Å². The minimum atomic E-state index is -0.0231. The van der Waals surface area contributed by atoms with Crippen LogP contribution in [0.25, 0.3) is 0 Å². The van der Waals surface area contributed by atoms with Gasteiger partial charge in [0, 0.05) is 5.92 Å². The lowest BCUT2D eigenvalue weighted by molar-refractivity contribution is -0.122. The summed E-state index contributed by atoms with van der Waals surface area (Å²) in [5, 5.41) is 3.03. The molecule has 0 spiro atoms. The summed E-state index contributed by atoms with van der Waals surface area (Å²) in [7, 11) is 1.62. The molecule has 0 aliphatic heterocycles. The quantitative estimate of drug-likeness (QED) is 0.869. The molecule has 0 saturated heterocycles. The zero-order valence-corrected chi connectivity index (χ0v) is 12.6. The number of rotatable bonds is 6. The molecule has 4 nitrogen and oxygen atoms in total. The highest BCUT2D eigenvalue weighted by molar-refractivity contribution is 5.81. The molecule has 0 heterocycles. The predicted octanol–water partition coefficient (Wildman–Crippen LogP) is 3.07. The monoisotopic (exact) mass is 277 g/mol. The molecule has 1 amide bonds. The minimum Gasteiger partial charge on any atom is -0.493 e. The van der Waals surface area contributed by atoms with E-state index in [1.54, 1.807) is 7.11 Å². The van der Waals surface area contributed by atoms with E-state index in [0.29, 0.717) is 5.75 Å². The third kappa shape index (κ3) is 3.65. The second kappa shape index (κ2) is 6.16. The summed E-state index contributed by atoms with van der Waals surface area (Å²) in [4.78, 5) is 11.8. The van der Waals surface area contributed by atoms with Gasteiger partial charge in [-0.25, -0.2) is 0 Å². The highest BCUT2D eigenvalue weighted by Crippen LogP contribution is 2.32. The summed E-state index contributed by atoms with van der Waals surface area (Å²) in [5.74, 6) is 1.80. The second-order valence-electron chi connectivity index (χ2n) is 5.58. The van der Waals surface area contributed by atoms with E-state index < -0.39 is 0 Å². The van der Waals surface area contributed by atoms with Crippen LogP contribution in [0.2, 0.25) is 0 Å². The number of carbonyl (C=O) groups excluding carboxylic acids is 1. The topological polar surface area (TPSA) is 47.6 Å². The van der Waals surface area contributed by atoms with E-state index in [-0.39, 0.29) is 24.0 Å². The fourth-order valence-electron chi connectivity index (χ4n) is 2.06. The molecule has 1 N–H and O–H groups in total. The number of hydrogen-bond acceptors (Lipinski definition) is 3. The summed E-state index contributed by atoms with van der Waals surface area (Å²) < 4.78 is 11.1. The molecule has 0 aromatic heterocycles. The Morgan fingerprint density at radius 3 is 2.50 bits per heavy atom. The number of carbonyl (C=O) groups is 1. The number of ether oxygens (including phenoxy) is 2. The van der Waals surface area contributed by atoms with E-state index in [4.69, 9.17) is 9.47 Å². The van der Waals surface area contributed by atoms with E-state index in [2.05, 4.69) is 5.32 Å². The Morgan fingerprint density at radius 2 is 1.95 bits per heavy atom. The minimum absolute atomic E-state index is 0.0231. The number of amides is 1. The number of methoxy groups -OCH3 is 1. The molecule has 2 rings (SSSR count). The van der Waals surface area contributed by atoms with E-state index in [9.17, 15) is 4.79 Å². The van der Waals surface area contributed by atoms with Gasteiger partial charge >= 0.3 is 0 Å². The van der Waals surface area contributed by atoms with Gasteiger partial charge < -0.3 is 14.8 Å². The largest absolute Gasteiger partial charge is 0.493 e. The molecule has 1 saturated carbocycles. The van der Waals surface area contributed by atoms with E-state index in [1.807, 2.05) is 39.0 Å². The van der Waals surface area contributed by atoms with Crippen molar-refractivity contribution in [3.63, 3.8) is 0 Å². The molecule has 4 heteroatoms. The van der Waals surface area contributed by atoms with E-state index in [0.717, 1.165) is 24.2 Å². The average molecular weight is 277 g/mol. The first-order valence-electron chi connectivity index (χ1n) is 7.16. The Labute approximate surface area is 120 Å². The van der Waals surface area contributed by atoms with Crippen molar-refractivity contribution in [2.45, 2.75) is 45.8 Å². The molecule has 1 atom stereocenters. The average Bonchev–Trinajstić information content (AvgIpc) is 3.22. The van der Waals surface area contributed by atoms with Crippen molar-refractivity contribution in [1.82, 2.24) is 5.32 Å². The van der Waals surface area contributed by atoms with Gasteiger partial charge in [-0.05, 0) is 51.3 Å². The Bertz CT molecular complexity index is 481. The number of benzene rings is 1.